The first-order valence-electron chi connectivity index (χ1n) is 12.9. The molecular formula is C32H22N4O6. The van der Waals surface area contributed by atoms with Crippen LogP contribution in [0, 0.1) is 0 Å². The summed E-state index contributed by atoms with van der Waals surface area (Å²) in [6.07, 6.45) is 0. The molecule has 206 valence electrons. The molecule has 0 radical (unpaired) electrons. The first kappa shape index (κ1) is 26.3. The van der Waals surface area contributed by atoms with Gasteiger partial charge in [0.15, 0.2) is 0 Å². The molecule has 0 aliphatic carbocycles. The third-order valence-corrected chi connectivity index (χ3v) is 6.49. The third-order valence-electron chi connectivity index (χ3n) is 6.49. The molecule has 2 amide bonds. The van der Waals surface area contributed by atoms with Gasteiger partial charge in [-0.1, -0.05) is 12.1 Å². The van der Waals surface area contributed by atoms with E-state index in [9.17, 15) is 19.2 Å². The van der Waals surface area contributed by atoms with Crippen molar-refractivity contribution >= 4 is 45.0 Å². The van der Waals surface area contributed by atoms with Crippen LogP contribution in [0.4, 0.5) is 11.4 Å². The summed E-state index contributed by atoms with van der Waals surface area (Å²) in [6.45, 7) is 2.84. The standard InChI is InChI=1S/C32H22N4O6/c1-17(37)33-23-9-3-19(4-10-23)29-35-27-13-7-21(15-25(27)31(39)41-29)22-8-14-28-26(16-22)32(40)42-30(36-28)20-5-11-24(12-6-20)34-18(2)38/h3-16H,1-2H3,(H,33,37)(H,34,38). The van der Waals surface area contributed by atoms with Crippen molar-refractivity contribution in [2.24, 2.45) is 0 Å². The molecule has 4 aromatic carbocycles. The maximum absolute atomic E-state index is 12.9. The maximum atomic E-state index is 12.9. The van der Waals surface area contributed by atoms with Gasteiger partial charge in [-0.25, -0.2) is 19.6 Å². The molecule has 6 aromatic rings. The molecular weight excluding hydrogens is 536 g/mol. The average Bonchev–Trinajstić information content (AvgIpc) is 2.97. The second-order valence-corrected chi connectivity index (χ2v) is 9.59. The SMILES string of the molecule is CC(=O)Nc1ccc(-c2nc3ccc(-c4ccc5nc(-c6ccc(NC(C)=O)cc6)oc(=O)c5c4)cc3c(=O)o2)cc1. The zero-order valence-electron chi connectivity index (χ0n) is 22.4. The van der Waals surface area contributed by atoms with E-state index in [1.54, 1.807) is 84.9 Å². The highest BCUT2D eigenvalue weighted by Crippen LogP contribution is 2.28. The number of carbonyl (C=O) groups is 2. The van der Waals surface area contributed by atoms with Crippen LogP contribution in [0.3, 0.4) is 0 Å². The van der Waals surface area contributed by atoms with Crippen LogP contribution >= 0.6 is 0 Å². The number of amides is 2. The Kier molecular flexibility index (Phi) is 6.63. The van der Waals surface area contributed by atoms with E-state index >= 15 is 0 Å². The van der Waals surface area contributed by atoms with Gasteiger partial charge in [-0.2, -0.15) is 0 Å². The fraction of sp³-hybridized carbons (Fsp3) is 0.0625. The average molecular weight is 559 g/mol. The molecule has 0 spiro atoms. The molecule has 0 aliphatic rings. The zero-order valence-corrected chi connectivity index (χ0v) is 22.4. The van der Waals surface area contributed by atoms with Crippen molar-refractivity contribution in [3.05, 3.63) is 106 Å². The van der Waals surface area contributed by atoms with Crippen molar-refractivity contribution in [2.45, 2.75) is 13.8 Å². The van der Waals surface area contributed by atoms with Crippen molar-refractivity contribution < 1.29 is 18.4 Å². The highest BCUT2D eigenvalue weighted by Gasteiger charge is 2.13. The second-order valence-electron chi connectivity index (χ2n) is 9.59. The summed E-state index contributed by atoms with van der Waals surface area (Å²) in [5.41, 5.74) is 3.57. The molecule has 2 N–H and O–H groups in total. The Morgan fingerprint density at radius 2 is 0.905 bits per heavy atom. The minimum absolute atomic E-state index is 0.157. The Labute approximate surface area is 237 Å². The monoisotopic (exact) mass is 558 g/mol. The van der Waals surface area contributed by atoms with Crippen LogP contribution < -0.4 is 21.9 Å². The zero-order chi connectivity index (χ0) is 29.4. The summed E-state index contributed by atoms with van der Waals surface area (Å²) in [5, 5.41) is 5.94. The largest absolute Gasteiger partial charge is 0.403 e. The summed E-state index contributed by atoms with van der Waals surface area (Å²) < 4.78 is 11.0. The van der Waals surface area contributed by atoms with Gasteiger partial charge in [-0.3, -0.25) is 9.59 Å². The number of hydrogen-bond acceptors (Lipinski definition) is 8. The second kappa shape index (κ2) is 10.6. The molecule has 6 rings (SSSR count). The number of nitrogens with one attached hydrogen (secondary N) is 2. The number of carbonyl (C=O) groups excluding carboxylic acids is 2. The maximum Gasteiger partial charge on any atom is 0.347 e. The number of fused-ring (bicyclic) bond motifs is 2. The van der Waals surface area contributed by atoms with Gasteiger partial charge in [0.2, 0.25) is 23.6 Å². The summed E-state index contributed by atoms with van der Waals surface area (Å²) >= 11 is 0. The molecule has 10 nitrogen and oxygen atoms in total. The Morgan fingerprint density at radius 3 is 1.26 bits per heavy atom. The number of hydrogen-bond donors (Lipinski definition) is 2. The van der Waals surface area contributed by atoms with E-state index in [4.69, 9.17) is 8.83 Å². The molecule has 10 heteroatoms. The van der Waals surface area contributed by atoms with Crippen molar-refractivity contribution in [2.75, 3.05) is 10.6 Å². The molecule has 0 unspecified atom stereocenters. The van der Waals surface area contributed by atoms with Gasteiger partial charge in [0.05, 0.1) is 21.8 Å². The molecule has 0 saturated carbocycles. The van der Waals surface area contributed by atoms with Gasteiger partial charge in [0.25, 0.3) is 0 Å². The minimum atomic E-state index is -0.557. The van der Waals surface area contributed by atoms with E-state index < -0.39 is 11.3 Å². The third kappa shape index (κ3) is 5.28. The Hall–Kier alpha value is -5.90. The van der Waals surface area contributed by atoms with Crippen LogP contribution in [-0.2, 0) is 9.59 Å². The fourth-order valence-corrected chi connectivity index (χ4v) is 4.55. The van der Waals surface area contributed by atoms with E-state index in [0.29, 0.717) is 44.7 Å². The predicted molar refractivity (Wildman–Crippen MR) is 159 cm³/mol. The first-order valence-corrected chi connectivity index (χ1v) is 12.9. The number of benzene rings is 4. The lowest BCUT2D eigenvalue weighted by Crippen LogP contribution is -2.06. The Bertz CT molecular complexity index is 1980. The van der Waals surface area contributed by atoms with E-state index in [1.165, 1.54) is 13.8 Å². The van der Waals surface area contributed by atoms with Crippen LogP contribution in [0.25, 0.3) is 55.8 Å². The van der Waals surface area contributed by atoms with Crippen LogP contribution in [-0.4, -0.2) is 21.8 Å². The summed E-state index contributed by atoms with van der Waals surface area (Å²) in [6, 6.07) is 24.0. The van der Waals surface area contributed by atoms with Gasteiger partial charge in [0, 0.05) is 36.3 Å². The van der Waals surface area contributed by atoms with Crippen molar-refractivity contribution in [1.82, 2.24) is 9.97 Å². The molecule has 0 aliphatic heterocycles. The highest BCUT2D eigenvalue weighted by molar-refractivity contribution is 5.91. The van der Waals surface area contributed by atoms with E-state index in [1.807, 2.05) is 0 Å². The first-order chi connectivity index (χ1) is 20.2. The van der Waals surface area contributed by atoms with Crippen molar-refractivity contribution in [3.63, 3.8) is 0 Å². The van der Waals surface area contributed by atoms with Crippen molar-refractivity contribution in [3.8, 4) is 34.0 Å². The predicted octanol–water partition coefficient (Wildman–Crippen LogP) is 5.61. The van der Waals surface area contributed by atoms with Crippen LogP contribution in [0.15, 0.2) is 103 Å². The topological polar surface area (TPSA) is 144 Å². The van der Waals surface area contributed by atoms with Crippen molar-refractivity contribution in [1.29, 1.82) is 0 Å². The lowest BCUT2D eigenvalue weighted by Gasteiger charge is -2.07. The number of rotatable bonds is 5. The molecule has 2 heterocycles. The molecule has 42 heavy (non-hydrogen) atoms. The van der Waals surface area contributed by atoms with Gasteiger partial charge in [-0.05, 0) is 83.9 Å². The molecule has 0 bridgehead atoms. The van der Waals surface area contributed by atoms with E-state index in [-0.39, 0.29) is 34.4 Å². The van der Waals surface area contributed by atoms with Gasteiger partial charge in [-0.15, -0.1) is 0 Å². The van der Waals surface area contributed by atoms with E-state index in [0.717, 1.165) is 0 Å². The van der Waals surface area contributed by atoms with Crippen LogP contribution in [0.2, 0.25) is 0 Å². The Morgan fingerprint density at radius 1 is 0.548 bits per heavy atom. The molecule has 0 saturated heterocycles. The normalized spacial score (nSPS) is 11.0. The summed E-state index contributed by atoms with van der Waals surface area (Å²) in [5.74, 6) is -0.0589. The van der Waals surface area contributed by atoms with Crippen LogP contribution in [0.5, 0.6) is 0 Å². The smallest absolute Gasteiger partial charge is 0.347 e. The summed E-state index contributed by atoms with van der Waals surface area (Å²) in [7, 11) is 0. The highest BCUT2D eigenvalue weighted by atomic mass is 16.4. The lowest BCUT2D eigenvalue weighted by molar-refractivity contribution is -0.115. The van der Waals surface area contributed by atoms with Gasteiger partial charge < -0.3 is 19.5 Å². The Balaban J connectivity index is 1.31. The molecule has 2 aromatic heterocycles. The quantitative estimate of drug-likeness (QED) is 0.278. The number of anilines is 2. The van der Waals surface area contributed by atoms with Gasteiger partial charge >= 0.3 is 11.3 Å². The molecule has 0 fully saturated rings. The minimum Gasteiger partial charge on any atom is -0.403 e. The van der Waals surface area contributed by atoms with Gasteiger partial charge in [0.1, 0.15) is 0 Å². The molecule has 0 atom stereocenters. The number of aromatic nitrogens is 2. The fourth-order valence-electron chi connectivity index (χ4n) is 4.55. The van der Waals surface area contributed by atoms with E-state index in [2.05, 4.69) is 20.6 Å². The lowest BCUT2D eigenvalue weighted by atomic mass is 10.0. The number of nitrogens with zero attached hydrogens (tertiary/aromatic N) is 2. The summed E-state index contributed by atoms with van der Waals surface area (Å²) in [4.78, 5) is 57.4. The van der Waals surface area contributed by atoms with Crippen LogP contribution in [0.1, 0.15) is 13.8 Å².